The quantitative estimate of drug-likeness (QED) is 0.221. The van der Waals surface area contributed by atoms with E-state index in [2.05, 4.69) is 26.3 Å². The number of carbonyl (C=O) groups excluding carboxylic acids is 2. The lowest BCUT2D eigenvalue weighted by atomic mass is 9.95. The van der Waals surface area contributed by atoms with Crippen LogP contribution < -0.4 is 10.6 Å². The molecule has 6 nitrogen and oxygen atoms in total. The summed E-state index contributed by atoms with van der Waals surface area (Å²) < 4.78 is 2.17. The van der Waals surface area contributed by atoms with Crippen molar-refractivity contribution in [3.63, 3.8) is 0 Å². The van der Waals surface area contributed by atoms with Gasteiger partial charge in [0.2, 0.25) is 0 Å². The Morgan fingerprint density at radius 3 is 2.60 bits per heavy atom. The summed E-state index contributed by atoms with van der Waals surface area (Å²) in [6, 6.07) is 15.5. The number of nitrogens with zero attached hydrogens (tertiary/aromatic N) is 2. The highest BCUT2D eigenvalue weighted by Gasteiger charge is 2.29. The second-order valence-corrected chi connectivity index (χ2v) is 13.3. The molecular weight excluding hydrogens is 584 g/mol. The molecule has 1 aliphatic carbocycles. The average molecular weight is 615 g/mol. The maximum atomic E-state index is 13.8. The molecule has 2 amide bonds. The van der Waals surface area contributed by atoms with Gasteiger partial charge in [0.1, 0.15) is 5.00 Å². The summed E-state index contributed by atoms with van der Waals surface area (Å²) in [4.78, 5) is 33.2. The van der Waals surface area contributed by atoms with E-state index in [1.165, 1.54) is 22.2 Å². The second kappa shape index (κ2) is 11.6. The van der Waals surface area contributed by atoms with Crippen molar-refractivity contribution < 1.29 is 9.59 Å². The summed E-state index contributed by atoms with van der Waals surface area (Å²) in [5, 5.41) is 8.07. The minimum absolute atomic E-state index is 0.0800. The number of aliphatic imine (C=N–C) groups is 1. The number of halogens is 1. The van der Waals surface area contributed by atoms with Gasteiger partial charge in [-0.15, -0.1) is 11.3 Å². The topological polar surface area (TPSA) is 75.5 Å². The van der Waals surface area contributed by atoms with Crippen LogP contribution in [0.15, 0.2) is 58.4 Å². The third-order valence-electron chi connectivity index (χ3n) is 7.69. The molecule has 0 spiro atoms. The van der Waals surface area contributed by atoms with Crippen molar-refractivity contribution in [2.45, 2.75) is 53.4 Å². The molecule has 0 radical (unpaired) electrons. The maximum absolute atomic E-state index is 13.8. The lowest BCUT2D eigenvalue weighted by Crippen LogP contribution is -2.19. The molecule has 2 aromatic carbocycles. The second-order valence-electron chi connectivity index (χ2n) is 10.8. The van der Waals surface area contributed by atoms with E-state index >= 15 is 0 Å². The summed E-state index contributed by atoms with van der Waals surface area (Å²) in [6.45, 7) is 8.08. The standard InChI is InChI=1S/C33H31ClN4O2S2/c1-18-9-13-24(14-10-18)35-31(40)29-25-7-5-6-8-27(25)41-32(29)38-20(3)15-22(21(38)4)16-28-30(39)37-33(42-28)36-26-17-23(34)12-11-19(26)2/h9-17H,5-8H2,1-4H3,(H,35,40)(H,36,37,39)/b28-16-. The van der Waals surface area contributed by atoms with Gasteiger partial charge in [-0.05, 0) is 118 Å². The van der Waals surface area contributed by atoms with E-state index in [1.54, 1.807) is 17.4 Å². The number of thiophene rings is 1. The number of anilines is 1. The number of carbonyl (C=O) groups is 2. The van der Waals surface area contributed by atoms with Gasteiger partial charge in [-0.1, -0.05) is 35.4 Å². The van der Waals surface area contributed by atoms with Crippen LogP contribution in [0.3, 0.4) is 0 Å². The molecule has 0 bridgehead atoms. The molecule has 0 atom stereocenters. The summed E-state index contributed by atoms with van der Waals surface area (Å²) >= 11 is 9.18. The zero-order chi connectivity index (χ0) is 29.5. The van der Waals surface area contributed by atoms with Gasteiger partial charge in [0, 0.05) is 27.0 Å². The fourth-order valence-corrected chi connectivity index (χ4v) is 7.94. The minimum Gasteiger partial charge on any atom is -0.322 e. The molecule has 1 fully saturated rings. The fraction of sp³-hybridized carbons (Fsp3) is 0.242. The third kappa shape index (κ3) is 5.59. The van der Waals surface area contributed by atoms with Crippen LogP contribution in [0.25, 0.3) is 11.1 Å². The van der Waals surface area contributed by atoms with Gasteiger partial charge in [0.05, 0.1) is 16.2 Å². The highest BCUT2D eigenvalue weighted by Crippen LogP contribution is 2.40. The normalized spacial score (nSPS) is 16.6. The largest absolute Gasteiger partial charge is 0.322 e. The lowest BCUT2D eigenvalue weighted by Gasteiger charge is -2.14. The SMILES string of the molecule is Cc1ccc(NC(=O)c2c(-n3c(C)cc(/C=C4\SC(=Nc5cc(Cl)ccc5C)NC4=O)c3C)sc3c2CCCC3)cc1. The first-order valence-corrected chi connectivity index (χ1v) is 16.0. The Kier molecular flexibility index (Phi) is 7.87. The van der Waals surface area contributed by atoms with E-state index in [0.29, 0.717) is 15.1 Å². The van der Waals surface area contributed by atoms with Crippen LogP contribution in [0.1, 0.15) is 61.7 Å². The zero-order valence-corrected chi connectivity index (χ0v) is 26.3. The molecule has 2 aromatic heterocycles. The highest BCUT2D eigenvalue weighted by atomic mass is 35.5. The van der Waals surface area contributed by atoms with Crippen molar-refractivity contribution in [2.24, 2.45) is 4.99 Å². The Bertz CT molecular complexity index is 1800. The number of amides is 2. The van der Waals surface area contributed by atoms with Crippen LogP contribution >= 0.6 is 34.7 Å². The van der Waals surface area contributed by atoms with Gasteiger partial charge in [-0.2, -0.15) is 0 Å². The monoisotopic (exact) mass is 614 g/mol. The molecule has 2 aliphatic rings. The molecule has 1 saturated heterocycles. The highest BCUT2D eigenvalue weighted by molar-refractivity contribution is 8.18. The smallest absolute Gasteiger partial charge is 0.264 e. The first-order chi connectivity index (χ1) is 20.2. The number of thioether (sulfide) groups is 1. The Morgan fingerprint density at radius 2 is 1.81 bits per heavy atom. The molecule has 0 saturated carbocycles. The van der Waals surface area contributed by atoms with E-state index in [-0.39, 0.29) is 11.8 Å². The van der Waals surface area contributed by atoms with Crippen molar-refractivity contribution in [2.75, 3.05) is 5.32 Å². The van der Waals surface area contributed by atoms with E-state index in [9.17, 15) is 9.59 Å². The van der Waals surface area contributed by atoms with Crippen molar-refractivity contribution >= 4 is 69.1 Å². The predicted molar refractivity (Wildman–Crippen MR) is 176 cm³/mol. The Balaban J connectivity index is 1.35. The van der Waals surface area contributed by atoms with E-state index in [4.69, 9.17) is 11.6 Å². The maximum Gasteiger partial charge on any atom is 0.264 e. The molecule has 3 heterocycles. The number of hydrogen-bond acceptors (Lipinski definition) is 5. The Labute approximate surface area is 258 Å². The molecule has 4 aromatic rings. The summed E-state index contributed by atoms with van der Waals surface area (Å²) in [7, 11) is 0. The number of aryl methyl sites for hydroxylation is 4. The summed E-state index contributed by atoms with van der Waals surface area (Å²) in [5.74, 6) is -0.267. The van der Waals surface area contributed by atoms with Gasteiger partial charge in [0.25, 0.3) is 11.8 Å². The zero-order valence-electron chi connectivity index (χ0n) is 23.9. The van der Waals surface area contributed by atoms with Gasteiger partial charge in [-0.3, -0.25) is 9.59 Å². The lowest BCUT2D eigenvalue weighted by molar-refractivity contribution is -0.115. The number of amidine groups is 1. The Morgan fingerprint density at radius 1 is 1.05 bits per heavy atom. The van der Waals surface area contributed by atoms with Gasteiger partial charge in [0.15, 0.2) is 5.17 Å². The number of rotatable bonds is 5. The van der Waals surface area contributed by atoms with Crippen LogP contribution in [0, 0.1) is 27.7 Å². The molecule has 0 unspecified atom stereocenters. The van der Waals surface area contributed by atoms with Crippen molar-refractivity contribution in [3.8, 4) is 5.00 Å². The number of fused-ring (bicyclic) bond motifs is 1. The first-order valence-electron chi connectivity index (χ1n) is 14.0. The van der Waals surface area contributed by atoms with E-state index in [1.807, 2.05) is 70.2 Å². The third-order valence-corrected chi connectivity index (χ3v) is 10.1. The number of nitrogens with one attached hydrogen (secondary N) is 2. The number of aromatic nitrogens is 1. The minimum atomic E-state index is -0.187. The van der Waals surface area contributed by atoms with Crippen LogP contribution in [0.4, 0.5) is 11.4 Å². The molecule has 2 N–H and O–H groups in total. The van der Waals surface area contributed by atoms with Crippen LogP contribution in [0.2, 0.25) is 5.02 Å². The van der Waals surface area contributed by atoms with Crippen LogP contribution in [-0.2, 0) is 17.6 Å². The van der Waals surface area contributed by atoms with Crippen LogP contribution in [0.5, 0.6) is 0 Å². The van der Waals surface area contributed by atoms with Crippen molar-refractivity contribution in [1.29, 1.82) is 0 Å². The first kappa shape index (κ1) is 28.5. The number of hydrogen-bond donors (Lipinski definition) is 2. The van der Waals surface area contributed by atoms with E-state index in [0.717, 1.165) is 75.7 Å². The van der Waals surface area contributed by atoms with Gasteiger partial charge < -0.3 is 15.2 Å². The predicted octanol–water partition coefficient (Wildman–Crippen LogP) is 8.45. The van der Waals surface area contributed by atoms with Crippen molar-refractivity contribution in [1.82, 2.24) is 9.88 Å². The fourth-order valence-electron chi connectivity index (χ4n) is 5.45. The van der Waals surface area contributed by atoms with Crippen molar-refractivity contribution in [3.05, 3.63) is 103 Å². The van der Waals surface area contributed by atoms with E-state index < -0.39 is 0 Å². The summed E-state index contributed by atoms with van der Waals surface area (Å²) in [6.07, 6.45) is 6.03. The molecule has 1 aliphatic heterocycles. The average Bonchev–Trinajstić information content (AvgIpc) is 3.59. The van der Waals surface area contributed by atoms with Gasteiger partial charge >= 0.3 is 0 Å². The molecule has 42 heavy (non-hydrogen) atoms. The van der Waals surface area contributed by atoms with Gasteiger partial charge in [-0.25, -0.2) is 4.99 Å². The van der Waals surface area contributed by atoms with Crippen LogP contribution in [-0.4, -0.2) is 21.5 Å². The number of benzene rings is 2. The Hall–Kier alpha value is -3.59. The molecular formula is C33H31ClN4O2S2. The molecule has 6 rings (SSSR count). The summed E-state index contributed by atoms with van der Waals surface area (Å²) in [5.41, 5.74) is 8.48. The molecule has 9 heteroatoms. The molecule has 214 valence electrons.